The van der Waals surface area contributed by atoms with Crippen LogP contribution in [0.5, 0.6) is 0 Å². The number of nitrogens with one attached hydrogen (secondary N) is 2. The minimum absolute atomic E-state index is 0.0516. The van der Waals surface area contributed by atoms with Crippen LogP contribution in [0.2, 0.25) is 0 Å². The smallest absolute Gasteiger partial charge is 0.326 e. The molecule has 0 saturated carbocycles. The molecule has 0 saturated heterocycles. The van der Waals surface area contributed by atoms with Crippen LogP contribution in [0.4, 0.5) is 4.79 Å². The zero-order valence-corrected chi connectivity index (χ0v) is 11.9. The number of nitrogens with two attached hydrogens (primary N) is 1. The number of carbonyl (C=O) groups excluding carboxylic acids is 2. The summed E-state index contributed by atoms with van der Waals surface area (Å²) < 4.78 is 1.67. The highest BCUT2D eigenvalue weighted by Crippen LogP contribution is 2.04. The summed E-state index contributed by atoms with van der Waals surface area (Å²) in [7, 11) is 1.78. The summed E-state index contributed by atoms with van der Waals surface area (Å²) in [4.78, 5) is 33.3. The Hall–Kier alpha value is -2.58. The van der Waals surface area contributed by atoms with E-state index in [2.05, 4.69) is 15.7 Å². The molecule has 3 amide bonds. The Morgan fingerprint density at radius 3 is 2.62 bits per heavy atom. The Labute approximate surface area is 121 Å². The third-order valence-electron chi connectivity index (χ3n) is 3.06. The molecule has 0 fully saturated rings. The lowest BCUT2D eigenvalue weighted by atomic mass is 10.1. The fraction of sp³-hybridized carbons (Fsp3) is 0.500. The van der Waals surface area contributed by atoms with Crippen molar-refractivity contribution in [2.75, 3.05) is 0 Å². The van der Waals surface area contributed by atoms with Crippen molar-refractivity contribution in [2.45, 2.75) is 32.4 Å². The first-order valence-electron chi connectivity index (χ1n) is 6.34. The lowest BCUT2D eigenvalue weighted by Gasteiger charge is -2.14. The molecule has 1 atom stereocenters. The standard InChI is InChI=1S/C12H19N5O4/c1-7-8(6-15-17(7)2)5-14-12(21)16-9(11(19)20)3-4-10(13)18/h6,9H,3-5H2,1-2H3,(H2,13,18)(H,19,20)(H2,14,16,21). The number of amides is 3. The number of carbonyl (C=O) groups is 3. The molecule has 9 nitrogen and oxygen atoms in total. The Bertz CT molecular complexity index is 540. The van der Waals surface area contributed by atoms with Crippen LogP contribution in [-0.2, 0) is 23.2 Å². The molecule has 1 unspecified atom stereocenters. The predicted molar refractivity (Wildman–Crippen MR) is 73.2 cm³/mol. The van der Waals surface area contributed by atoms with E-state index in [9.17, 15) is 14.4 Å². The SMILES string of the molecule is Cc1c(CNC(=O)NC(CCC(N)=O)C(=O)O)cnn1C. The van der Waals surface area contributed by atoms with Crippen LogP contribution in [0.25, 0.3) is 0 Å². The van der Waals surface area contributed by atoms with Gasteiger partial charge in [0.15, 0.2) is 0 Å². The van der Waals surface area contributed by atoms with Gasteiger partial charge in [0.1, 0.15) is 6.04 Å². The van der Waals surface area contributed by atoms with E-state index in [-0.39, 0.29) is 19.4 Å². The van der Waals surface area contributed by atoms with E-state index in [4.69, 9.17) is 10.8 Å². The zero-order valence-electron chi connectivity index (χ0n) is 11.9. The first-order chi connectivity index (χ1) is 9.81. The molecule has 0 aliphatic carbocycles. The summed E-state index contributed by atoms with van der Waals surface area (Å²) in [5, 5.41) is 17.8. The Balaban J connectivity index is 2.48. The Morgan fingerprint density at radius 2 is 2.14 bits per heavy atom. The molecule has 0 aliphatic rings. The molecule has 0 aromatic carbocycles. The maximum absolute atomic E-state index is 11.7. The number of carboxylic acid groups (broad SMARTS) is 1. The predicted octanol–water partition coefficient (Wildman–Crippen LogP) is -0.754. The molecule has 0 radical (unpaired) electrons. The molecule has 1 aromatic heterocycles. The Morgan fingerprint density at radius 1 is 1.48 bits per heavy atom. The molecule has 0 aliphatic heterocycles. The molecule has 21 heavy (non-hydrogen) atoms. The van der Waals surface area contributed by atoms with Crippen molar-refractivity contribution in [3.05, 3.63) is 17.5 Å². The van der Waals surface area contributed by atoms with Crippen LogP contribution >= 0.6 is 0 Å². The monoisotopic (exact) mass is 297 g/mol. The van der Waals surface area contributed by atoms with Gasteiger partial charge in [0, 0.05) is 31.3 Å². The quantitative estimate of drug-likeness (QED) is 0.524. The minimum Gasteiger partial charge on any atom is -0.480 e. The van der Waals surface area contributed by atoms with Gasteiger partial charge in [-0.25, -0.2) is 9.59 Å². The first kappa shape index (κ1) is 16.5. The number of nitrogens with zero attached hydrogens (tertiary/aromatic N) is 2. The molecule has 0 spiro atoms. The van der Waals surface area contributed by atoms with Gasteiger partial charge in [-0.05, 0) is 13.3 Å². The van der Waals surface area contributed by atoms with Crippen molar-refractivity contribution < 1.29 is 19.5 Å². The topological polar surface area (TPSA) is 139 Å². The van der Waals surface area contributed by atoms with E-state index >= 15 is 0 Å². The van der Waals surface area contributed by atoms with Gasteiger partial charge in [-0.1, -0.05) is 0 Å². The lowest BCUT2D eigenvalue weighted by molar-refractivity contribution is -0.139. The second-order valence-electron chi connectivity index (χ2n) is 4.60. The second-order valence-corrected chi connectivity index (χ2v) is 4.60. The average Bonchev–Trinajstić information content (AvgIpc) is 2.72. The summed E-state index contributed by atoms with van der Waals surface area (Å²) in [6.07, 6.45) is 1.46. The molecular formula is C12H19N5O4. The molecule has 5 N–H and O–H groups in total. The van der Waals surface area contributed by atoms with Crippen molar-refractivity contribution in [3.8, 4) is 0 Å². The van der Waals surface area contributed by atoms with Gasteiger partial charge in [0.2, 0.25) is 5.91 Å². The van der Waals surface area contributed by atoms with E-state index in [1.165, 1.54) is 0 Å². The zero-order chi connectivity index (χ0) is 16.0. The van der Waals surface area contributed by atoms with E-state index in [0.29, 0.717) is 0 Å². The van der Waals surface area contributed by atoms with Crippen LogP contribution in [0.3, 0.4) is 0 Å². The van der Waals surface area contributed by atoms with Crippen LogP contribution in [-0.4, -0.2) is 38.8 Å². The third kappa shape index (κ3) is 5.13. The number of hydrogen-bond donors (Lipinski definition) is 4. The summed E-state index contributed by atoms with van der Waals surface area (Å²) >= 11 is 0. The van der Waals surface area contributed by atoms with Gasteiger partial charge < -0.3 is 21.5 Å². The van der Waals surface area contributed by atoms with Gasteiger partial charge in [0.25, 0.3) is 0 Å². The molecule has 9 heteroatoms. The van der Waals surface area contributed by atoms with Crippen molar-refractivity contribution in [1.29, 1.82) is 0 Å². The summed E-state index contributed by atoms with van der Waals surface area (Å²) in [5.41, 5.74) is 6.69. The Kier molecular flexibility index (Phi) is 5.70. The maximum atomic E-state index is 11.7. The minimum atomic E-state index is -1.22. The summed E-state index contributed by atoms with van der Waals surface area (Å²) in [5.74, 6) is -1.83. The molecular weight excluding hydrogens is 278 g/mol. The fourth-order valence-electron chi connectivity index (χ4n) is 1.65. The summed E-state index contributed by atoms with van der Waals surface area (Å²) in [6, 6.07) is -1.79. The number of urea groups is 1. The lowest BCUT2D eigenvalue weighted by Crippen LogP contribution is -2.46. The van der Waals surface area contributed by atoms with Crippen molar-refractivity contribution >= 4 is 17.9 Å². The second kappa shape index (κ2) is 7.27. The first-order valence-corrected chi connectivity index (χ1v) is 6.34. The number of aryl methyl sites for hydroxylation is 1. The van der Waals surface area contributed by atoms with E-state index in [1.807, 2.05) is 6.92 Å². The molecule has 1 heterocycles. The average molecular weight is 297 g/mol. The van der Waals surface area contributed by atoms with E-state index in [0.717, 1.165) is 11.3 Å². The largest absolute Gasteiger partial charge is 0.480 e. The maximum Gasteiger partial charge on any atom is 0.326 e. The molecule has 116 valence electrons. The number of primary amides is 1. The number of aromatic nitrogens is 2. The summed E-state index contributed by atoms with van der Waals surface area (Å²) in [6.45, 7) is 2.09. The number of aliphatic carboxylic acids is 1. The fourth-order valence-corrected chi connectivity index (χ4v) is 1.65. The molecule has 1 rings (SSSR count). The highest BCUT2D eigenvalue weighted by molar-refractivity contribution is 5.83. The van der Waals surface area contributed by atoms with Crippen LogP contribution in [0.15, 0.2) is 6.20 Å². The van der Waals surface area contributed by atoms with Crippen molar-refractivity contribution in [3.63, 3.8) is 0 Å². The van der Waals surface area contributed by atoms with Crippen LogP contribution < -0.4 is 16.4 Å². The van der Waals surface area contributed by atoms with E-state index < -0.39 is 23.9 Å². The highest BCUT2D eigenvalue weighted by atomic mass is 16.4. The molecule has 1 aromatic rings. The van der Waals surface area contributed by atoms with Crippen molar-refractivity contribution in [1.82, 2.24) is 20.4 Å². The van der Waals surface area contributed by atoms with Gasteiger partial charge in [-0.2, -0.15) is 5.10 Å². The number of rotatable bonds is 7. The van der Waals surface area contributed by atoms with Gasteiger partial charge in [0.05, 0.1) is 6.20 Å². The third-order valence-corrected chi connectivity index (χ3v) is 3.06. The highest BCUT2D eigenvalue weighted by Gasteiger charge is 2.20. The number of carboxylic acids is 1. The van der Waals surface area contributed by atoms with Gasteiger partial charge in [-0.3, -0.25) is 9.48 Å². The van der Waals surface area contributed by atoms with Crippen molar-refractivity contribution in [2.24, 2.45) is 12.8 Å². The van der Waals surface area contributed by atoms with Crippen LogP contribution in [0.1, 0.15) is 24.1 Å². The molecule has 0 bridgehead atoms. The number of hydrogen-bond acceptors (Lipinski definition) is 4. The normalized spacial score (nSPS) is 11.7. The van der Waals surface area contributed by atoms with Gasteiger partial charge >= 0.3 is 12.0 Å². The van der Waals surface area contributed by atoms with Crippen LogP contribution in [0, 0.1) is 6.92 Å². The van der Waals surface area contributed by atoms with E-state index in [1.54, 1.807) is 17.9 Å². The van der Waals surface area contributed by atoms with Gasteiger partial charge in [-0.15, -0.1) is 0 Å².